The van der Waals surface area contributed by atoms with Crippen LogP contribution in [0, 0.1) is 13.8 Å². The largest absolute Gasteiger partial charge is 0.491 e. The van der Waals surface area contributed by atoms with Crippen LogP contribution in [0.2, 0.25) is 0 Å². The van der Waals surface area contributed by atoms with Crippen molar-refractivity contribution in [2.24, 2.45) is 0 Å². The lowest BCUT2D eigenvalue weighted by molar-refractivity contribution is 0.110. The number of aryl methyl sites for hydroxylation is 2. The molecule has 1 heterocycles. The van der Waals surface area contributed by atoms with Crippen LogP contribution in [0.5, 0.6) is 11.5 Å². The third-order valence-electron chi connectivity index (χ3n) is 5.49. The highest BCUT2D eigenvalue weighted by molar-refractivity contribution is 7.09. The molecule has 4 aromatic rings. The Balaban J connectivity index is 1.43. The Hall–Kier alpha value is -3.35. The van der Waals surface area contributed by atoms with E-state index in [-0.39, 0.29) is 5.56 Å². The van der Waals surface area contributed by atoms with Gasteiger partial charge in [-0.2, -0.15) is 0 Å². The summed E-state index contributed by atoms with van der Waals surface area (Å²) in [5.41, 5.74) is 6.74. The van der Waals surface area contributed by atoms with Crippen molar-refractivity contribution in [3.8, 4) is 33.1 Å². The molecule has 1 N–H and O–H groups in total. The van der Waals surface area contributed by atoms with Gasteiger partial charge in [0.2, 0.25) is 0 Å². The minimum absolute atomic E-state index is 0.0746. The summed E-state index contributed by atoms with van der Waals surface area (Å²) in [6.45, 7) is 8.52. The second kappa shape index (κ2) is 11.2. The number of H-pyrrole nitrogens is 1. The maximum atomic E-state index is 11.4. The van der Waals surface area contributed by atoms with E-state index < -0.39 is 0 Å². The molecule has 4 rings (SSSR count). The molecule has 0 saturated heterocycles. The van der Waals surface area contributed by atoms with Crippen molar-refractivity contribution in [3.63, 3.8) is 0 Å². The molecule has 0 bridgehead atoms. The molecule has 3 aromatic carbocycles. The highest BCUT2D eigenvalue weighted by atomic mass is 32.1. The van der Waals surface area contributed by atoms with E-state index in [0.717, 1.165) is 33.1 Å². The van der Waals surface area contributed by atoms with Gasteiger partial charge in [-0.05, 0) is 96.6 Å². The van der Waals surface area contributed by atoms with E-state index in [2.05, 4.69) is 54.6 Å². The van der Waals surface area contributed by atoms with Crippen molar-refractivity contribution in [3.05, 3.63) is 93.8 Å². The van der Waals surface area contributed by atoms with Crippen LogP contribution in [0.4, 0.5) is 0 Å². The van der Waals surface area contributed by atoms with E-state index in [4.69, 9.17) is 14.2 Å². The molecule has 0 unspecified atom stereocenters. The molecule has 0 radical (unpaired) electrons. The van der Waals surface area contributed by atoms with Crippen LogP contribution in [0.25, 0.3) is 21.6 Å². The topological polar surface area (TPSA) is 60.6 Å². The number of aromatic amines is 1. The molecule has 0 amide bonds. The van der Waals surface area contributed by atoms with Gasteiger partial charge in [-0.15, -0.1) is 0 Å². The smallest absolute Gasteiger partial charge is 0.258 e. The van der Waals surface area contributed by atoms with Crippen molar-refractivity contribution >= 4 is 11.5 Å². The summed E-state index contributed by atoms with van der Waals surface area (Å²) < 4.78 is 19.9. The molecule has 0 spiro atoms. The Labute approximate surface area is 204 Å². The van der Waals surface area contributed by atoms with Gasteiger partial charge in [0.05, 0.1) is 11.5 Å². The Morgan fingerprint density at radius 1 is 0.824 bits per heavy atom. The third kappa shape index (κ3) is 5.95. The summed E-state index contributed by atoms with van der Waals surface area (Å²) in [7, 11) is 0. The fourth-order valence-corrected chi connectivity index (χ4v) is 4.64. The van der Waals surface area contributed by atoms with E-state index in [1.165, 1.54) is 28.2 Å². The van der Waals surface area contributed by atoms with Gasteiger partial charge >= 0.3 is 0 Å². The van der Waals surface area contributed by atoms with Crippen LogP contribution >= 0.6 is 11.5 Å². The Morgan fingerprint density at radius 3 is 2.26 bits per heavy atom. The normalized spacial score (nSPS) is 10.9. The summed E-state index contributed by atoms with van der Waals surface area (Å²) in [5, 5.41) is 0. The molecule has 5 nitrogen and oxygen atoms in total. The lowest BCUT2D eigenvalue weighted by Gasteiger charge is -2.15. The average Bonchev–Trinajstić information content (AvgIpc) is 3.27. The molecule has 0 aliphatic carbocycles. The predicted octanol–water partition coefficient (Wildman–Crippen LogP) is 6.38. The number of hydrogen-bond acceptors (Lipinski definition) is 5. The van der Waals surface area contributed by atoms with E-state index in [9.17, 15) is 4.79 Å². The first-order valence-electron chi connectivity index (χ1n) is 11.4. The number of ether oxygens (including phenoxy) is 3. The second-order valence-corrected chi connectivity index (χ2v) is 8.92. The standard InChI is InChI=1S/C28H29NO4S/c1-4-31-12-13-32-25-14-19(2)28(20(3)15-25)23-7-5-6-21(16-23)18-33-24-10-8-22(9-11-24)26-17-27(30)29-34-26/h5-11,14-17H,4,12-13,18H2,1-3H3,(H,29,30). The lowest BCUT2D eigenvalue weighted by Crippen LogP contribution is -2.06. The summed E-state index contributed by atoms with van der Waals surface area (Å²) in [4.78, 5) is 12.3. The molecule has 0 aliphatic rings. The van der Waals surface area contributed by atoms with Crippen molar-refractivity contribution in [1.29, 1.82) is 0 Å². The number of benzene rings is 3. The van der Waals surface area contributed by atoms with Crippen molar-refractivity contribution in [2.45, 2.75) is 27.4 Å². The number of rotatable bonds is 10. The van der Waals surface area contributed by atoms with Gasteiger partial charge in [-0.1, -0.05) is 29.7 Å². The van der Waals surface area contributed by atoms with Gasteiger partial charge in [0.25, 0.3) is 5.56 Å². The van der Waals surface area contributed by atoms with Crippen LogP contribution < -0.4 is 15.0 Å². The van der Waals surface area contributed by atoms with Gasteiger partial charge in [0, 0.05) is 12.7 Å². The maximum Gasteiger partial charge on any atom is 0.258 e. The molecule has 0 saturated carbocycles. The third-order valence-corrected chi connectivity index (χ3v) is 6.37. The van der Waals surface area contributed by atoms with Crippen molar-refractivity contribution in [2.75, 3.05) is 19.8 Å². The Kier molecular flexibility index (Phi) is 7.83. The van der Waals surface area contributed by atoms with E-state index >= 15 is 0 Å². The predicted molar refractivity (Wildman–Crippen MR) is 138 cm³/mol. The molecule has 176 valence electrons. The SMILES string of the molecule is CCOCCOc1cc(C)c(-c2cccc(COc3ccc(-c4cc(=O)[nH]s4)cc3)c2)c(C)c1. The van der Waals surface area contributed by atoms with Crippen LogP contribution in [0.3, 0.4) is 0 Å². The zero-order valence-corrected chi connectivity index (χ0v) is 20.5. The highest BCUT2D eigenvalue weighted by Crippen LogP contribution is 2.32. The zero-order valence-electron chi connectivity index (χ0n) is 19.7. The van der Waals surface area contributed by atoms with E-state index in [1.807, 2.05) is 31.2 Å². The monoisotopic (exact) mass is 475 g/mol. The first-order chi connectivity index (χ1) is 16.5. The summed E-state index contributed by atoms with van der Waals surface area (Å²) in [5.74, 6) is 1.66. The van der Waals surface area contributed by atoms with Gasteiger partial charge in [-0.3, -0.25) is 9.17 Å². The first-order valence-corrected chi connectivity index (χ1v) is 12.2. The summed E-state index contributed by atoms with van der Waals surface area (Å²) in [6, 6.07) is 22.0. The number of aromatic nitrogens is 1. The molecular formula is C28H29NO4S. The molecular weight excluding hydrogens is 446 g/mol. The lowest BCUT2D eigenvalue weighted by atomic mass is 9.94. The van der Waals surface area contributed by atoms with Gasteiger partial charge in [0.1, 0.15) is 24.7 Å². The number of hydrogen-bond donors (Lipinski definition) is 1. The fourth-order valence-electron chi connectivity index (χ4n) is 3.95. The molecule has 6 heteroatoms. The van der Waals surface area contributed by atoms with Crippen LogP contribution in [0.1, 0.15) is 23.6 Å². The van der Waals surface area contributed by atoms with Crippen molar-refractivity contribution in [1.82, 2.24) is 4.37 Å². The number of nitrogens with one attached hydrogen (secondary N) is 1. The molecule has 0 atom stereocenters. The molecule has 0 fully saturated rings. The summed E-state index contributed by atoms with van der Waals surface area (Å²) >= 11 is 1.34. The molecule has 1 aromatic heterocycles. The zero-order chi connectivity index (χ0) is 23.9. The minimum Gasteiger partial charge on any atom is -0.491 e. The molecule has 34 heavy (non-hydrogen) atoms. The summed E-state index contributed by atoms with van der Waals surface area (Å²) in [6.07, 6.45) is 0. The van der Waals surface area contributed by atoms with Crippen LogP contribution in [0.15, 0.2) is 71.5 Å². The fraction of sp³-hybridized carbons (Fsp3) is 0.250. The van der Waals surface area contributed by atoms with Gasteiger partial charge < -0.3 is 14.2 Å². The molecule has 0 aliphatic heterocycles. The maximum absolute atomic E-state index is 11.4. The quantitative estimate of drug-likeness (QED) is 0.270. The highest BCUT2D eigenvalue weighted by Gasteiger charge is 2.10. The second-order valence-electron chi connectivity index (χ2n) is 8.07. The van der Waals surface area contributed by atoms with Crippen LogP contribution in [-0.4, -0.2) is 24.2 Å². The van der Waals surface area contributed by atoms with E-state index in [0.29, 0.717) is 26.4 Å². The van der Waals surface area contributed by atoms with Gasteiger partial charge in [-0.25, -0.2) is 0 Å². The first kappa shape index (κ1) is 23.8. The van der Waals surface area contributed by atoms with Crippen LogP contribution in [-0.2, 0) is 11.3 Å². The van der Waals surface area contributed by atoms with Gasteiger partial charge in [0.15, 0.2) is 0 Å². The van der Waals surface area contributed by atoms with E-state index in [1.54, 1.807) is 6.07 Å². The minimum atomic E-state index is -0.0746. The Morgan fingerprint density at radius 2 is 1.59 bits per heavy atom. The Bertz CT molecular complexity index is 1270. The van der Waals surface area contributed by atoms with Crippen molar-refractivity contribution < 1.29 is 14.2 Å². The average molecular weight is 476 g/mol.